The molecule has 0 saturated carbocycles. The van der Waals surface area contributed by atoms with Gasteiger partial charge in [-0.15, -0.1) is 0 Å². The molecule has 34 heavy (non-hydrogen) atoms. The van der Waals surface area contributed by atoms with E-state index >= 15 is 0 Å². The number of ether oxygens (including phenoxy) is 3. The van der Waals surface area contributed by atoms with Crippen molar-refractivity contribution in [1.82, 2.24) is 10.3 Å². The zero-order chi connectivity index (χ0) is 25.5. The Morgan fingerprint density at radius 2 is 1.71 bits per heavy atom. The Labute approximate surface area is 200 Å². The van der Waals surface area contributed by atoms with Gasteiger partial charge in [0.25, 0.3) is 5.91 Å². The molecule has 1 aromatic heterocycles. The lowest BCUT2D eigenvalue weighted by molar-refractivity contribution is -0.147. The van der Waals surface area contributed by atoms with E-state index in [-0.39, 0.29) is 24.2 Å². The van der Waals surface area contributed by atoms with Crippen LogP contribution in [0.15, 0.2) is 36.5 Å². The maximum Gasteiger partial charge on any atom is 0.329 e. The molecule has 1 N–H and O–H groups in total. The number of hydrogen-bond donors (Lipinski definition) is 1. The van der Waals surface area contributed by atoms with Crippen molar-refractivity contribution in [2.45, 2.75) is 45.3 Å². The van der Waals surface area contributed by atoms with Crippen LogP contribution in [0, 0.1) is 0 Å². The molecule has 1 aromatic carbocycles. The summed E-state index contributed by atoms with van der Waals surface area (Å²) in [6.45, 7) is 5.94. The van der Waals surface area contributed by atoms with E-state index in [2.05, 4.69) is 31.1 Å². The average Bonchev–Trinajstić information content (AvgIpc) is 2.78. The third-order valence-electron chi connectivity index (χ3n) is 5.10. The second-order valence-corrected chi connectivity index (χ2v) is 11.1. The van der Waals surface area contributed by atoms with Crippen molar-refractivity contribution in [3.63, 3.8) is 0 Å². The molecular weight excluding hydrogens is 460 g/mol. The van der Waals surface area contributed by atoms with E-state index in [4.69, 9.17) is 14.2 Å². The maximum absolute atomic E-state index is 12.8. The molecule has 0 aliphatic carbocycles. The minimum absolute atomic E-state index is 0.0773. The summed E-state index contributed by atoms with van der Waals surface area (Å²) in [4.78, 5) is 29.7. The highest BCUT2D eigenvalue weighted by Gasteiger charge is 2.26. The summed E-state index contributed by atoms with van der Waals surface area (Å²) in [6.07, 6.45) is 2.41. The molecule has 0 spiro atoms. The van der Waals surface area contributed by atoms with Gasteiger partial charge in [-0.05, 0) is 29.5 Å². The van der Waals surface area contributed by atoms with E-state index in [1.54, 1.807) is 18.2 Å². The normalized spacial score (nSPS) is 12.5. The van der Waals surface area contributed by atoms with Crippen LogP contribution >= 0.6 is 0 Å². The van der Waals surface area contributed by atoms with Gasteiger partial charge in [0, 0.05) is 24.1 Å². The molecule has 0 aliphatic rings. The van der Waals surface area contributed by atoms with Crippen LogP contribution in [0.5, 0.6) is 11.5 Å². The van der Waals surface area contributed by atoms with Crippen LogP contribution in [0.2, 0.25) is 0 Å². The summed E-state index contributed by atoms with van der Waals surface area (Å²) < 4.78 is 39.2. The topological polar surface area (TPSA) is 121 Å². The molecule has 0 bridgehead atoms. The quantitative estimate of drug-likeness (QED) is 0.503. The van der Waals surface area contributed by atoms with Crippen LogP contribution in [0.1, 0.15) is 48.8 Å². The molecule has 0 radical (unpaired) electrons. The Kier molecular flexibility index (Phi) is 9.03. The minimum atomic E-state index is -3.37. The predicted octanol–water partition coefficient (Wildman–Crippen LogP) is 2.67. The van der Waals surface area contributed by atoms with Crippen LogP contribution < -0.4 is 14.8 Å². The van der Waals surface area contributed by atoms with Crippen molar-refractivity contribution >= 4 is 21.7 Å². The zero-order valence-corrected chi connectivity index (χ0v) is 21.2. The first-order chi connectivity index (χ1) is 15.9. The number of methoxy groups -OCH3 is 2. The highest BCUT2D eigenvalue weighted by Crippen LogP contribution is 2.29. The van der Waals surface area contributed by atoms with Gasteiger partial charge in [0.2, 0.25) is 0 Å². The Morgan fingerprint density at radius 3 is 2.24 bits per heavy atom. The molecular formula is C24H32N2O7S. The van der Waals surface area contributed by atoms with Crippen molar-refractivity contribution in [2.24, 2.45) is 0 Å². The number of amides is 1. The molecule has 9 nitrogen and oxygen atoms in total. The summed E-state index contributed by atoms with van der Waals surface area (Å²) in [5.41, 5.74) is 1.64. The Balaban J connectivity index is 2.17. The van der Waals surface area contributed by atoms with Gasteiger partial charge in [-0.3, -0.25) is 9.78 Å². The van der Waals surface area contributed by atoms with Crippen molar-refractivity contribution in [3.8, 4) is 11.5 Å². The van der Waals surface area contributed by atoms with Gasteiger partial charge in [0.05, 0.1) is 20.0 Å². The lowest BCUT2D eigenvalue weighted by atomic mass is 9.86. The first-order valence-electron chi connectivity index (χ1n) is 10.7. The second-order valence-electron chi connectivity index (χ2n) is 8.87. The molecule has 186 valence electrons. The number of hydrogen-bond acceptors (Lipinski definition) is 8. The Hall–Kier alpha value is -3.14. The second kappa shape index (κ2) is 11.3. The molecule has 1 unspecified atom stereocenters. The van der Waals surface area contributed by atoms with Gasteiger partial charge in [0.1, 0.15) is 28.2 Å². The summed E-state index contributed by atoms with van der Waals surface area (Å²) in [5, 5.41) is 2.60. The summed E-state index contributed by atoms with van der Waals surface area (Å²) in [7, 11) is -0.464. The van der Waals surface area contributed by atoms with Gasteiger partial charge in [-0.2, -0.15) is 0 Å². The van der Waals surface area contributed by atoms with E-state index in [1.165, 1.54) is 20.4 Å². The number of nitrogens with zero attached hydrogens (tertiary/aromatic N) is 1. The molecule has 0 saturated heterocycles. The lowest BCUT2D eigenvalue weighted by Crippen LogP contribution is -2.43. The van der Waals surface area contributed by atoms with Gasteiger partial charge in [0.15, 0.2) is 11.5 Å². The molecule has 2 aromatic rings. The van der Waals surface area contributed by atoms with Crippen molar-refractivity contribution in [3.05, 3.63) is 53.3 Å². The van der Waals surface area contributed by atoms with E-state index in [1.807, 2.05) is 12.1 Å². The average molecular weight is 493 g/mol. The highest BCUT2D eigenvalue weighted by molar-refractivity contribution is 7.90. The standard InChI is InChI=1S/C24H32N2O7S/c1-24(2,3)17-9-7-16(8-10-17)22(27)26-18(12-14-34(6,29)30)23(28)33-15-19-21(32-5)20(31-4)11-13-25-19/h7-11,13,18H,12,14-15H2,1-6H3,(H,26,27). The Morgan fingerprint density at radius 1 is 1.06 bits per heavy atom. The monoisotopic (exact) mass is 492 g/mol. The number of carbonyl (C=O) groups is 2. The summed E-state index contributed by atoms with van der Waals surface area (Å²) in [5.74, 6) is -0.850. The summed E-state index contributed by atoms with van der Waals surface area (Å²) >= 11 is 0. The fourth-order valence-electron chi connectivity index (χ4n) is 3.14. The number of pyridine rings is 1. The number of esters is 1. The number of rotatable bonds is 10. The summed E-state index contributed by atoms with van der Waals surface area (Å²) in [6, 6.07) is 7.46. The number of nitrogens with one attached hydrogen (secondary N) is 1. The van der Waals surface area contributed by atoms with Crippen LogP contribution in [-0.4, -0.2) is 57.5 Å². The SMILES string of the molecule is COc1ccnc(COC(=O)C(CCS(C)(=O)=O)NC(=O)c2ccc(C(C)(C)C)cc2)c1OC. The van der Waals surface area contributed by atoms with Gasteiger partial charge < -0.3 is 19.5 Å². The molecule has 2 rings (SSSR count). The zero-order valence-electron chi connectivity index (χ0n) is 20.4. The number of benzene rings is 1. The van der Waals surface area contributed by atoms with Crippen LogP contribution in [0.25, 0.3) is 0 Å². The lowest BCUT2D eigenvalue weighted by Gasteiger charge is -2.20. The van der Waals surface area contributed by atoms with Crippen LogP contribution in [0.3, 0.4) is 0 Å². The van der Waals surface area contributed by atoms with E-state index in [0.29, 0.717) is 22.8 Å². The third kappa shape index (κ3) is 7.72. The van der Waals surface area contributed by atoms with Crippen molar-refractivity contribution in [2.75, 3.05) is 26.2 Å². The van der Waals surface area contributed by atoms with Gasteiger partial charge in [-0.25, -0.2) is 13.2 Å². The van der Waals surface area contributed by atoms with E-state index < -0.39 is 27.8 Å². The molecule has 10 heteroatoms. The molecule has 0 fully saturated rings. The fourth-order valence-corrected chi connectivity index (χ4v) is 3.80. The fraction of sp³-hybridized carbons (Fsp3) is 0.458. The van der Waals surface area contributed by atoms with E-state index in [0.717, 1.165) is 11.8 Å². The first kappa shape index (κ1) is 27.1. The smallest absolute Gasteiger partial charge is 0.329 e. The molecule has 0 aliphatic heterocycles. The van der Waals surface area contributed by atoms with Crippen LogP contribution in [0.4, 0.5) is 0 Å². The van der Waals surface area contributed by atoms with Crippen molar-refractivity contribution in [1.29, 1.82) is 0 Å². The van der Waals surface area contributed by atoms with Gasteiger partial charge in [-0.1, -0.05) is 32.9 Å². The molecule has 1 atom stereocenters. The maximum atomic E-state index is 12.8. The van der Waals surface area contributed by atoms with Crippen LogP contribution in [-0.2, 0) is 31.4 Å². The number of aromatic nitrogens is 1. The molecule has 1 heterocycles. The minimum Gasteiger partial charge on any atom is -0.493 e. The first-order valence-corrected chi connectivity index (χ1v) is 12.7. The predicted molar refractivity (Wildman–Crippen MR) is 128 cm³/mol. The molecule has 1 amide bonds. The van der Waals surface area contributed by atoms with E-state index in [9.17, 15) is 18.0 Å². The van der Waals surface area contributed by atoms with Crippen molar-refractivity contribution < 1.29 is 32.2 Å². The highest BCUT2D eigenvalue weighted by atomic mass is 32.2. The Bertz CT molecular complexity index is 1110. The largest absolute Gasteiger partial charge is 0.493 e. The third-order valence-corrected chi connectivity index (χ3v) is 6.07. The number of sulfone groups is 1. The number of carbonyl (C=O) groups excluding carboxylic acids is 2. The van der Waals surface area contributed by atoms with Gasteiger partial charge >= 0.3 is 5.97 Å².